The third-order valence-electron chi connectivity index (χ3n) is 3.95. The number of anilines is 1. The van der Waals surface area contributed by atoms with Crippen LogP contribution in [-0.2, 0) is 15.9 Å². The molecule has 1 saturated heterocycles. The number of nitrogens with two attached hydrogens (primary N) is 2. The summed E-state index contributed by atoms with van der Waals surface area (Å²) >= 11 is 0. The van der Waals surface area contributed by atoms with Crippen LogP contribution in [-0.4, -0.2) is 37.0 Å². The standard InChI is InChI=1S/C13H22N4O2/c1-18-13(3-6-19-7-4-13)12(17-15)8-10-9-16-5-2-11(10)14/h2,5,9,12,17H,3-4,6-8,15H2,1H3,(H2,14,16). The number of aromatic nitrogens is 1. The molecule has 1 aromatic rings. The van der Waals surface area contributed by atoms with Crippen molar-refractivity contribution in [2.75, 3.05) is 26.1 Å². The summed E-state index contributed by atoms with van der Waals surface area (Å²) in [7, 11) is 1.72. The van der Waals surface area contributed by atoms with Gasteiger partial charge in [0.2, 0.25) is 0 Å². The number of hydrogen-bond acceptors (Lipinski definition) is 6. The van der Waals surface area contributed by atoms with Crippen LogP contribution < -0.4 is 17.0 Å². The molecule has 0 amide bonds. The third kappa shape index (κ3) is 3.03. The Hall–Kier alpha value is -1.21. The predicted octanol–water partition coefficient (Wildman–Crippen LogP) is 0.234. The van der Waals surface area contributed by atoms with Crippen molar-refractivity contribution in [1.29, 1.82) is 0 Å². The van der Waals surface area contributed by atoms with Gasteiger partial charge in [0.1, 0.15) is 0 Å². The summed E-state index contributed by atoms with van der Waals surface area (Å²) in [5.74, 6) is 5.73. The first-order valence-electron chi connectivity index (χ1n) is 6.49. The van der Waals surface area contributed by atoms with Gasteiger partial charge >= 0.3 is 0 Å². The molecule has 0 aliphatic carbocycles. The van der Waals surface area contributed by atoms with E-state index in [2.05, 4.69) is 10.4 Å². The van der Waals surface area contributed by atoms with E-state index in [0.29, 0.717) is 19.6 Å². The van der Waals surface area contributed by atoms with E-state index in [1.165, 1.54) is 0 Å². The van der Waals surface area contributed by atoms with Crippen molar-refractivity contribution in [2.45, 2.75) is 30.9 Å². The molecule has 1 aliphatic heterocycles. The molecule has 0 saturated carbocycles. The van der Waals surface area contributed by atoms with Crippen LogP contribution in [0.25, 0.3) is 0 Å². The second kappa shape index (κ2) is 6.29. The van der Waals surface area contributed by atoms with Gasteiger partial charge in [0, 0.05) is 51.2 Å². The van der Waals surface area contributed by atoms with Gasteiger partial charge in [-0.1, -0.05) is 0 Å². The maximum Gasteiger partial charge on any atom is 0.0891 e. The van der Waals surface area contributed by atoms with E-state index in [0.717, 1.165) is 24.1 Å². The minimum atomic E-state index is -0.310. The summed E-state index contributed by atoms with van der Waals surface area (Å²) < 4.78 is 11.2. The van der Waals surface area contributed by atoms with Gasteiger partial charge < -0.3 is 15.2 Å². The lowest BCUT2D eigenvalue weighted by Crippen LogP contribution is -2.58. The second-order valence-electron chi connectivity index (χ2n) is 4.88. The number of ether oxygens (including phenoxy) is 2. The Morgan fingerprint density at radius 1 is 1.53 bits per heavy atom. The van der Waals surface area contributed by atoms with Crippen LogP contribution in [0.5, 0.6) is 0 Å². The van der Waals surface area contributed by atoms with Crippen LogP contribution in [0.15, 0.2) is 18.5 Å². The highest BCUT2D eigenvalue weighted by Gasteiger charge is 2.40. The molecule has 19 heavy (non-hydrogen) atoms. The third-order valence-corrected chi connectivity index (χ3v) is 3.95. The van der Waals surface area contributed by atoms with Gasteiger partial charge in [-0.15, -0.1) is 0 Å². The Kier molecular flexibility index (Phi) is 4.71. The molecule has 1 aromatic heterocycles. The Bertz CT molecular complexity index is 407. The number of hydrogen-bond donors (Lipinski definition) is 3. The highest BCUT2D eigenvalue weighted by molar-refractivity contribution is 5.44. The fourth-order valence-corrected chi connectivity index (χ4v) is 2.64. The van der Waals surface area contributed by atoms with E-state index in [1.54, 1.807) is 25.6 Å². The fourth-order valence-electron chi connectivity index (χ4n) is 2.64. The molecule has 6 nitrogen and oxygen atoms in total. The van der Waals surface area contributed by atoms with Gasteiger partial charge in [0.25, 0.3) is 0 Å². The second-order valence-corrected chi connectivity index (χ2v) is 4.88. The van der Waals surface area contributed by atoms with Crippen LogP contribution in [0.3, 0.4) is 0 Å². The van der Waals surface area contributed by atoms with Crippen LogP contribution >= 0.6 is 0 Å². The number of nitrogen functional groups attached to an aromatic ring is 1. The molecule has 2 rings (SSSR count). The summed E-state index contributed by atoms with van der Waals surface area (Å²) in [6, 6.07) is 1.78. The van der Waals surface area contributed by atoms with Crippen molar-refractivity contribution in [3.63, 3.8) is 0 Å². The summed E-state index contributed by atoms with van der Waals surface area (Å²) in [5.41, 5.74) is 10.2. The first-order chi connectivity index (χ1) is 9.22. The van der Waals surface area contributed by atoms with Crippen molar-refractivity contribution in [1.82, 2.24) is 10.4 Å². The van der Waals surface area contributed by atoms with E-state index in [1.807, 2.05) is 0 Å². The quantitative estimate of drug-likeness (QED) is 0.522. The normalized spacial score (nSPS) is 20.1. The molecule has 106 valence electrons. The first-order valence-corrected chi connectivity index (χ1v) is 6.49. The van der Waals surface area contributed by atoms with Crippen LogP contribution in [0, 0.1) is 0 Å². The molecule has 1 unspecified atom stereocenters. The smallest absolute Gasteiger partial charge is 0.0891 e. The fraction of sp³-hybridized carbons (Fsp3) is 0.615. The van der Waals surface area contributed by atoms with Crippen molar-refractivity contribution in [3.8, 4) is 0 Å². The number of hydrazine groups is 1. The highest BCUT2D eigenvalue weighted by Crippen LogP contribution is 2.30. The number of methoxy groups -OCH3 is 1. The van der Waals surface area contributed by atoms with Gasteiger partial charge in [0.05, 0.1) is 11.6 Å². The van der Waals surface area contributed by atoms with Crippen LogP contribution in [0.1, 0.15) is 18.4 Å². The van der Waals surface area contributed by atoms with Crippen molar-refractivity contribution < 1.29 is 9.47 Å². The summed E-state index contributed by atoms with van der Waals surface area (Å²) in [5, 5.41) is 0. The van der Waals surface area contributed by atoms with E-state index in [-0.39, 0.29) is 11.6 Å². The lowest BCUT2D eigenvalue weighted by Gasteiger charge is -2.42. The number of nitrogens with one attached hydrogen (secondary N) is 1. The average molecular weight is 266 g/mol. The van der Waals surface area contributed by atoms with Crippen molar-refractivity contribution in [2.24, 2.45) is 5.84 Å². The molecule has 0 radical (unpaired) electrons. The van der Waals surface area contributed by atoms with E-state index < -0.39 is 0 Å². The predicted molar refractivity (Wildman–Crippen MR) is 73.3 cm³/mol. The zero-order valence-corrected chi connectivity index (χ0v) is 11.3. The largest absolute Gasteiger partial charge is 0.398 e. The van der Waals surface area contributed by atoms with Gasteiger partial charge in [-0.25, -0.2) is 0 Å². The van der Waals surface area contributed by atoms with E-state index in [4.69, 9.17) is 21.1 Å². The van der Waals surface area contributed by atoms with Crippen molar-refractivity contribution in [3.05, 3.63) is 24.0 Å². The Balaban J connectivity index is 2.17. The molecule has 6 heteroatoms. The number of nitrogens with zero attached hydrogens (tertiary/aromatic N) is 1. The minimum absolute atomic E-state index is 0.0205. The lowest BCUT2D eigenvalue weighted by molar-refractivity contribution is -0.110. The van der Waals surface area contributed by atoms with Gasteiger partial charge in [0.15, 0.2) is 0 Å². The minimum Gasteiger partial charge on any atom is -0.398 e. The topological polar surface area (TPSA) is 95.4 Å². The molecule has 1 atom stereocenters. The summed E-state index contributed by atoms with van der Waals surface area (Å²) in [6.45, 7) is 1.38. The van der Waals surface area contributed by atoms with Gasteiger partial charge in [-0.3, -0.25) is 16.3 Å². The van der Waals surface area contributed by atoms with E-state index in [9.17, 15) is 0 Å². The average Bonchev–Trinajstić information content (AvgIpc) is 2.47. The number of pyridine rings is 1. The highest BCUT2D eigenvalue weighted by atomic mass is 16.5. The molecule has 0 aromatic carbocycles. The molecular formula is C13H22N4O2. The lowest BCUT2D eigenvalue weighted by atomic mass is 9.83. The van der Waals surface area contributed by atoms with Gasteiger partial charge in [-0.2, -0.15) is 0 Å². The summed E-state index contributed by atoms with van der Waals surface area (Å²) in [6.07, 6.45) is 5.79. The maximum atomic E-state index is 5.96. The Morgan fingerprint density at radius 2 is 2.26 bits per heavy atom. The molecule has 2 heterocycles. The Labute approximate surface area is 113 Å². The monoisotopic (exact) mass is 266 g/mol. The molecule has 1 fully saturated rings. The maximum absolute atomic E-state index is 5.96. The SMILES string of the molecule is COC1(C(Cc2cnccc2N)NN)CCOCC1. The molecule has 0 spiro atoms. The van der Waals surface area contributed by atoms with Crippen molar-refractivity contribution >= 4 is 5.69 Å². The zero-order valence-electron chi connectivity index (χ0n) is 11.3. The molecule has 1 aliphatic rings. The molecule has 5 N–H and O–H groups in total. The summed E-state index contributed by atoms with van der Waals surface area (Å²) in [4.78, 5) is 4.11. The van der Waals surface area contributed by atoms with Gasteiger partial charge in [-0.05, 0) is 18.1 Å². The first kappa shape index (κ1) is 14.2. The van der Waals surface area contributed by atoms with Crippen LogP contribution in [0.4, 0.5) is 5.69 Å². The number of rotatable bonds is 5. The van der Waals surface area contributed by atoms with Crippen LogP contribution in [0.2, 0.25) is 0 Å². The molecule has 0 bridgehead atoms. The Morgan fingerprint density at radius 3 is 2.84 bits per heavy atom. The molecular weight excluding hydrogens is 244 g/mol. The zero-order chi connectivity index (χ0) is 13.7. The van der Waals surface area contributed by atoms with E-state index >= 15 is 0 Å².